The molecule has 7 heteroatoms. The molecule has 92 valence electrons. The normalized spacial score (nSPS) is 8.76. The van der Waals surface area contributed by atoms with Crippen LogP contribution in [-0.2, 0) is 14.4 Å². The summed E-state index contributed by atoms with van der Waals surface area (Å²) in [6.45, 7) is -0.0556. The molecule has 2 aliphatic rings. The van der Waals surface area contributed by atoms with Crippen LogP contribution in [0.15, 0.2) is 24.3 Å². The standard InChI is InChI=1S/C6H4.C2H6N2O.C2H2O4/c1-2-6-4-3-5(1)6;3-1-2(4)5;3-1(4)2(5)6/h1-4H;1,3H2,(H2,4,5);(H,3,4)(H,5,6). The molecule has 6 N–H and O–H groups in total. The fourth-order valence-electron chi connectivity index (χ4n) is 0.663. The number of primary amides is 1. The maximum absolute atomic E-state index is 9.47. The van der Waals surface area contributed by atoms with E-state index in [9.17, 15) is 4.79 Å². The molecule has 0 saturated carbocycles. The Morgan fingerprint density at radius 3 is 1.18 bits per heavy atom. The number of fused-ring (bicyclic) bond motifs is 1. The quantitative estimate of drug-likeness (QED) is 0.483. The van der Waals surface area contributed by atoms with Gasteiger partial charge in [0.2, 0.25) is 5.91 Å². The molecule has 0 aromatic rings. The first-order valence-electron chi connectivity index (χ1n) is 4.43. The van der Waals surface area contributed by atoms with Gasteiger partial charge in [-0.2, -0.15) is 0 Å². The Morgan fingerprint density at radius 2 is 1.18 bits per heavy atom. The Balaban J connectivity index is 0.000000228. The molecule has 0 saturated heterocycles. The zero-order chi connectivity index (χ0) is 13.4. The van der Waals surface area contributed by atoms with Crippen molar-refractivity contribution >= 4 is 17.8 Å². The fourth-order valence-corrected chi connectivity index (χ4v) is 0.663. The molecule has 0 bridgehead atoms. The number of carboxylic acids is 2. The molecular formula is C10H12N2O5. The molecule has 0 heterocycles. The molecule has 2 rings (SSSR count). The predicted molar refractivity (Wildman–Crippen MR) is 59.0 cm³/mol. The van der Waals surface area contributed by atoms with Gasteiger partial charge in [0.15, 0.2) is 0 Å². The maximum atomic E-state index is 9.47. The Morgan fingerprint density at radius 1 is 0.941 bits per heavy atom. The Kier molecular flexibility index (Phi) is 5.98. The number of hydrogen-bond donors (Lipinski definition) is 4. The lowest BCUT2D eigenvalue weighted by Gasteiger charge is -2.10. The van der Waals surface area contributed by atoms with Crippen molar-refractivity contribution in [2.45, 2.75) is 0 Å². The van der Waals surface area contributed by atoms with Gasteiger partial charge in [-0.25, -0.2) is 9.59 Å². The van der Waals surface area contributed by atoms with Crippen molar-refractivity contribution in [3.8, 4) is 11.1 Å². The zero-order valence-corrected chi connectivity index (χ0v) is 8.79. The highest BCUT2D eigenvalue weighted by atomic mass is 16.4. The van der Waals surface area contributed by atoms with Crippen LogP contribution in [-0.4, -0.2) is 34.6 Å². The number of amides is 1. The smallest absolute Gasteiger partial charge is 0.414 e. The van der Waals surface area contributed by atoms with Crippen molar-refractivity contribution in [3.63, 3.8) is 0 Å². The van der Waals surface area contributed by atoms with Crippen LogP contribution in [0.2, 0.25) is 0 Å². The van der Waals surface area contributed by atoms with Crippen LogP contribution in [0, 0.1) is 0 Å². The van der Waals surface area contributed by atoms with Crippen LogP contribution in [0.25, 0.3) is 11.1 Å². The molecule has 1 amide bonds. The van der Waals surface area contributed by atoms with Crippen molar-refractivity contribution in [2.24, 2.45) is 11.5 Å². The summed E-state index contributed by atoms with van der Waals surface area (Å²) < 4.78 is 0. The third-order valence-corrected chi connectivity index (χ3v) is 1.60. The van der Waals surface area contributed by atoms with Crippen LogP contribution < -0.4 is 11.5 Å². The molecular weight excluding hydrogens is 228 g/mol. The number of carbonyl (C=O) groups excluding carboxylic acids is 1. The van der Waals surface area contributed by atoms with Crippen LogP contribution in [0.4, 0.5) is 0 Å². The minimum absolute atomic E-state index is 0.0556. The van der Waals surface area contributed by atoms with Gasteiger partial charge >= 0.3 is 11.9 Å². The zero-order valence-electron chi connectivity index (χ0n) is 8.79. The van der Waals surface area contributed by atoms with E-state index in [-0.39, 0.29) is 6.54 Å². The van der Waals surface area contributed by atoms with Gasteiger partial charge in [-0.15, -0.1) is 0 Å². The predicted octanol–water partition coefficient (Wildman–Crippen LogP) is -0.747. The second-order valence-corrected chi connectivity index (χ2v) is 2.86. The first kappa shape index (κ1) is 14.6. The number of hydrogen-bond acceptors (Lipinski definition) is 4. The lowest BCUT2D eigenvalue weighted by atomic mass is 9.95. The fraction of sp³-hybridized carbons (Fsp3) is 0.100. The van der Waals surface area contributed by atoms with Crippen molar-refractivity contribution in [1.29, 1.82) is 0 Å². The first-order chi connectivity index (χ1) is 7.88. The summed E-state index contributed by atoms with van der Waals surface area (Å²) >= 11 is 0. The minimum atomic E-state index is -1.82. The summed E-state index contributed by atoms with van der Waals surface area (Å²) in [4.78, 5) is 27.7. The summed E-state index contributed by atoms with van der Waals surface area (Å²) in [6, 6.07) is 8.48. The molecule has 0 aromatic carbocycles. The largest absolute Gasteiger partial charge is 0.473 e. The van der Waals surface area contributed by atoms with Crippen LogP contribution in [0.1, 0.15) is 0 Å². The van der Waals surface area contributed by atoms with Gasteiger partial charge < -0.3 is 21.7 Å². The first-order valence-corrected chi connectivity index (χ1v) is 4.43. The summed E-state index contributed by atoms with van der Waals surface area (Å²) in [7, 11) is 0. The molecule has 2 aliphatic carbocycles. The lowest BCUT2D eigenvalue weighted by Crippen LogP contribution is -2.21. The van der Waals surface area contributed by atoms with Gasteiger partial charge in [0.25, 0.3) is 0 Å². The topological polar surface area (TPSA) is 144 Å². The van der Waals surface area contributed by atoms with Gasteiger partial charge in [-0.05, 0) is 11.1 Å². The SMILES string of the molecule is NCC(N)=O.O=C(O)C(=O)O.c1cc2ccc1-2. The summed E-state index contributed by atoms with van der Waals surface area (Å²) in [5.41, 5.74) is 12.1. The Hall–Kier alpha value is -2.41. The van der Waals surface area contributed by atoms with Crippen molar-refractivity contribution in [1.82, 2.24) is 0 Å². The minimum Gasteiger partial charge on any atom is -0.473 e. The summed E-state index contributed by atoms with van der Waals surface area (Å²) in [6.07, 6.45) is 0. The van der Waals surface area contributed by atoms with Crippen molar-refractivity contribution < 1.29 is 24.6 Å². The second-order valence-electron chi connectivity index (χ2n) is 2.86. The average Bonchev–Trinajstić information content (AvgIpc) is 2.24. The van der Waals surface area contributed by atoms with E-state index in [1.807, 2.05) is 0 Å². The average molecular weight is 240 g/mol. The number of rotatable bonds is 1. The number of nitrogens with two attached hydrogens (primary N) is 2. The highest BCUT2D eigenvalue weighted by Gasteiger charge is 2.04. The number of carbonyl (C=O) groups is 3. The molecule has 0 aromatic heterocycles. The van der Waals surface area contributed by atoms with Crippen LogP contribution in [0.5, 0.6) is 0 Å². The summed E-state index contributed by atoms with van der Waals surface area (Å²) in [5.74, 6) is -4.12. The monoisotopic (exact) mass is 240 g/mol. The molecule has 0 radical (unpaired) electrons. The molecule has 0 unspecified atom stereocenters. The van der Waals surface area contributed by atoms with Crippen molar-refractivity contribution in [3.05, 3.63) is 24.3 Å². The number of aliphatic carboxylic acids is 2. The van der Waals surface area contributed by atoms with E-state index in [1.165, 1.54) is 11.1 Å². The van der Waals surface area contributed by atoms with Crippen LogP contribution in [0.3, 0.4) is 0 Å². The number of carboxylic acid groups (broad SMARTS) is 2. The summed E-state index contributed by atoms with van der Waals surface area (Å²) in [5, 5.41) is 14.8. The van der Waals surface area contributed by atoms with E-state index in [4.69, 9.17) is 25.5 Å². The molecule has 17 heavy (non-hydrogen) atoms. The third-order valence-electron chi connectivity index (χ3n) is 1.60. The molecule has 0 spiro atoms. The van der Waals surface area contributed by atoms with E-state index in [2.05, 4.69) is 30.0 Å². The van der Waals surface area contributed by atoms with E-state index in [0.29, 0.717) is 0 Å². The highest BCUT2D eigenvalue weighted by molar-refractivity contribution is 6.27. The maximum Gasteiger partial charge on any atom is 0.414 e. The van der Waals surface area contributed by atoms with Crippen molar-refractivity contribution in [2.75, 3.05) is 6.54 Å². The van der Waals surface area contributed by atoms with Gasteiger partial charge in [0, 0.05) is 0 Å². The third kappa shape index (κ3) is 5.90. The van der Waals surface area contributed by atoms with Gasteiger partial charge in [0.1, 0.15) is 0 Å². The molecule has 7 nitrogen and oxygen atoms in total. The van der Waals surface area contributed by atoms with Gasteiger partial charge in [0.05, 0.1) is 6.54 Å². The van der Waals surface area contributed by atoms with E-state index in [0.717, 1.165) is 0 Å². The number of benzene rings is 1. The molecule has 0 fully saturated rings. The van der Waals surface area contributed by atoms with Gasteiger partial charge in [-0.3, -0.25) is 4.79 Å². The molecule has 0 aliphatic heterocycles. The highest BCUT2D eigenvalue weighted by Crippen LogP contribution is 2.29. The van der Waals surface area contributed by atoms with E-state index in [1.54, 1.807) is 0 Å². The van der Waals surface area contributed by atoms with Gasteiger partial charge in [-0.1, -0.05) is 24.3 Å². The lowest BCUT2D eigenvalue weighted by molar-refractivity contribution is -0.159. The van der Waals surface area contributed by atoms with E-state index >= 15 is 0 Å². The Bertz CT molecular complexity index is 380. The second kappa shape index (κ2) is 6.96. The van der Waals surface area contributed by atoms with E-state index < -0.39 is 17.8 Å². The Labute approximate surface area is 96.6 Å². The molecule has 0 atom stereocenters. The van der Waals surface area contributed by atoms with Crippen LogP contribution >= 0.6 is 0 Å².